The van der Waals surface area contributed by atoms with Crippen molar-refractivity contribution < 1.29 is 9.32 Å². The van der Waals surface area contributed by atoms with Crippen LogP contribution in [-0.4, -0.2) is 27.6 Å². The molecule has 1 atom stereocenters. The van der Waals surface area contributed by atoms with Crippen molar-refractivity contribution in [1.29, 1.82) is 0 Å². The first-order valence-electron chi connectivity index (χ1n) is 8.84. The molecule has 1 aliphatic rings. The van der Waals surface area contributed by atoms with Crippen LogP contribution in [-0.2, 0) is 0 Å². The third-order valence-electron chi connectivity index (χ3n) is 4.64. The van der Waals surface area contributed by atoms with E-state index in [0.717, 1.165) is 24.0 Å². The highest BCUT2D eigenvalue weighted by atomic mass is 35.5. The molecule has 1 saturated heterocycles. The molecule has 4 rings (SSSR count). The zero-order valence-corrected chi connectivity index (χ0v) is 15.6. The SMILES string of the molecule is Cc1ccc(NC(=O)N2CCC[C@H]2c2nc(-c3ccccc3)no2)c(Cl)c1. The molecule has 138 valence electrons. The molecule has 2 heterocycles. The molecular formula is C20H19ClN4O2. The van der Waals surface area contributed by atoms with Crippen LogP contribution in [0.4, 0.5) is 10.5 Å². The number of hydrogen-bond acceptors (Lipinski definition) is 4. The molecule has 0 unspecified atom stereocenters. The van der Waals surface area contributed by atoms with Crippen LogP contribution in [0.1, 0.15) is 30.3 Å². The fourth-order valence-corrected chi connectivity index (χ4v) is 3.53. The molecule has 7 heteroatoms. The average Bonchev–Trinajstić information content (AvgIpc) is 3.33. The van der Waals surface area contributed by atoms with Crippen LogP contribution < -0.4 is 5.32 Å². The van der Waals surface area contributed by atoms with E-state index in [1.807, 2.05) is 49.4 Å². The number of amides is 2. The van der Waals surface area contributed by atoms with Gasteiger partial charge in [0.05, 0.1) is 10.7 Å². The Kier molecular flexibility index (Phi) is 4.81. The van der Waals surface area contributed by atoms with Gasteiger partial charge in [-0.25, -0.2) is 4.79 Å². The van der Waals surface area contributed by atoms with Gasteiger partial charge in [-0.05, 0) is 37.5 Å². The maximum atomic E-state index is 12.8. The number of nitrogens with one attached hydrogen (secondary N) is 1. The Balaban J connectivity index is 1.52. The number of aromatic nitrogens is 2. The molecule has 1 N–H and O–H groups in total. The van der Waals surface area contributed by atoms with Crippen LogP contribution in [0.25, 0.3) is 11.4 Å². The highest BCUT2D eigenvalue weighted by Crippen LogP contribution is 2.33. The zero-order chi connectivity index (χ0) is 18.8. The maximum absolute atomic E-state index is 12.8. The molecule has 0 saturated carbocycles. The van der Waals surface area contributed by atoms with Crippen molar-refractivity contribution in [2.24, 2.45) is 0 Å². The molecular weight excluding hydrogens is 364 g/mol. The number of likely N-dealkylation sites (tertiary alicyclic amines) is 1. The molecule has 0 radical (unpaired) electrons. The van der Waals surface area contributed by atoms with E-state index < -0.39 is 0 Å². The van der Waals surface area contributed by atoms with Crippen molar-refractivity contribution in [2.75, 3.05) is 11.9 Å². The second-order valence-electron chi connectivity index (χ2n) is 6.59. The minimum atomic E-state index is -0.237. The van der Waals surface area contributed by atoms with E-state index in [4.69, 9.17) is 16.1 Å². The number of aryl methyl sites for hydroxylation is 1. The topological polar surface area (TPSA) is 71.3 Å². The van der Waals surface area contributed by atoms with Gasteiger partial charge in [-0.3, -0.25) is 0 Å². The minimum absolute atomic E-state index is 0.220. The number of carbonyl (C=O) groups excluding carboxylic acids is 1. The first kappa shape index (κ1) is 17.5. The molecule has 3 aromatic rings. The second kappa shape index (κ2) is 7.40. The average molecular weight is 383 g/mol. The lowest BCUT2D eigenvalue weighted by atomic mass is 10.2. The Hall–Kier alpha value is -2.86. The lowest BCUT2D eigenvalue weighted by Gasteiger charge is -2.22. The Labute approximate surface area is 162 Å². The van der Waals surface area contributed by atoms with E-state index in [-0.39, 0.29) is 12.1 Å². The van der Waals surface area contributed by atoms with E-state index >= 15 is 0 Å². The van der Waals surface area contributed by atoms with Gasteiger partial charge in [0, 0.05) is 12.1 Å². The lowest BCUT2D eigenvalue weighted by Crippen LogP contribution is -2.34. The molecule has 0 aliphatic carbocycles. The van der Waals surface area contributed by atoms with Crippen molar-refractivity contribution in [1.82, 2.24) is 15.0 Å². The Morgan fingerprint density at radius 1 is 1.26 bits per heavy atom. The molecule has 6 nitrogen and oxygen atoms in total. The van der Waals surface area contributed by atoms with Crippen molar-refractivity contribution in [3.05, 3.63) is 65.0 Å². The Bertz CT molecular complexity index is 958. The zero-order valence-electron chi connectivity index (χ0n) is 14.9. The smallest absolute Gasteiger partial charge is 0.322 e. The van der Waals surface area contributed by atoms with E-state index in [1.165, 1.54) is 0 Å². The van der Waals surface area contributed by atoms with E-state index in [1.54, 1.807) is 11.0 Å². The highest BCUT2D eigenvalue weighted by molar-refractivity contribution is 6.33. The first-order valence-corrected chi connectivity index (χ1v) is 9.22. The molecule has 1 aromatic heterocycles. The number of carbonyl (C=O) groups is 1. The van der Waals surface area contributed by atoms with Gasteiger partial charge in [0.2, 0.25) is 11.7 Å². The summed E-state index contributed by atoms with van der Waals surface area (Å²) in [5.41, 5.74) is 2.51. The molecule has 2 aromatic carbocycles. The minimum Gasteiger partial charge on any atom is -0.337 e. The summed E-state index contributed by atoms with van der Waals surface area (Å²) in [5.74, 6) is 0.982. The van der Waals surface area contributed by atoms with Gasteiger partial charge in [0.15, 0.2) is 0 Å². The third kappa shape index (κ3) is 3.66. The van der Waals surface area contributed by atoms with E-state index in [9.17, 15) is 4.79 Å². The molecule has 1 aliphatic heterocycles. The van der Waals surface area contributed by atoms with Crippen LogP contribution in [0.3, 0.4) is 0 Å². The number of urea groups is 1. The summed E-state index contributed by atoms with van der Waals surface area (Å²) in [6, 6.07) is 14.7. The molecule has 1 fully saturated rings. The van der Waals surface area contributed by atoms with Gasteiger partial charge in [-0.1, -0.05) is 53.2 Å². The number of halogens is 1. The number of hydrogen-bond donors (Lipinski definition) is 1. The monoisotopic (exact) mass is 382 g/mol. The molecule has 0 bridgehead atoms. The summed E-state index contributed by atoms with van der Waals surface area (Å²) in [6.07, 6.45) is 1.66. The van der Waals surface area contributed by atoms with Crippen molar-refractivity contribution in [3.63, 3.8) is 0 Å². The fourth-order valence-electron chi connectivity index (χ4n) is 3.25. The van der Waals surface area contributed by atoms with E-state index in [2.05, 4.69) is 15.5 Å². The van der Waals surface area contributed by atoms with Gasteiger partial charge in [0.25, 0.3) is 0 Å². The van der Waals surface area contributed by atoms with Crippen LogP contribution in [0.5, 0.6) is 0 Å². The van der Waals surface area contributed by atoms with Crippen LogP contribution in [0.2, 0.25) is 5.02 Å². The Morgan fingerprint density at radius 2 is 2.07 bits per heavy atom. The molecule has 2 amide bonds. The molecule has 27 heavy (non-hydrogen) atoms. The quantitative estimate of drug-likeness (QED) is 0.686. The first-order chi connectivity index (χ1) is 13.1. The normalized spacial score (nSPS) is 16.5. The molecule has 0 spiro atoms. The summed E-state index contributed by atoms with van der Waals surface area (Å²) in [6.45, 7) is 2.58. The highest BCUT2D eigenvalue weighted by Gasteiger charge is 2.34. The van der Waals surface area contributed by atoms with Gasteiger partial charge in [-0.2, -0.15) is 4.98 Å². The number of rotatable bonds is 3. The standard InChI is InChI=1S/C20H19ClN4O2/c1-13-9-10-16(15(21)12-13)22-20(26)25-11-5-8-17(25)19-23-18(24-27-19)14-6-3-2-4-7-14/h2-4,6-7,9-10,12,17H,5,8,11H2,1H3,(H,22,26)/t17-/m0/s1. The van der Waals surface area contributed by atoms with Crippen molar-refractivity contribution >= 4 is 23.3 Å². The predicted molar refractivity (Wildman–Crippen MR) is 104 cm³/mol. The largest absolute Gasteiger partial charge is 0.337 e. The Morgan fingerprint density at radius 3 is 2.85 bits per heavy atom. The van der Waals surface area contributed by atoms with E-state index in [0.29, 0.717) is 29.0 Å². The van der Waals surface area contributed by atoms with Gasteiger partial charge in [-0.15, -0.1) is 0 Å². The summed E-state index contributed by atoms with van der Waals surface area (Å²) in [5, 5.41) is 7.47. The summed E-state index contributed by atoms with van der Waals surface area (Å²) in [7, 11) is 0. The maximum Gasteiger partial charge on any atom is 0.322 e. The van der Waals surface area contributed by atoms with Gasteiger partial charge in [0.1, 0.15) is 6.04 Å². The summed E-state index contributed by atoms with van der Waals surface area (Å²) < 4.78 is 5.46. The van der Waals surface area contributed by atoms with Crippen molar-refractivity contribution in [2.45, 2.75) is 25.8 Å². The van der Waals surface area contributed by atoms with Crippen LogP contribution >= 0.6 is 11.6 Å². The lowest BCUT2D eigenvalue weighted by molar-refractivity contribution is 0.193. The number of anilines is 1. The number of benzene rings is 2. The third-order valence-corrected chi connectivity index (χ3v) is 4.95. The van der Waals surface area contributed by atoms with Gasteiger partial charge < -0.3 is 14.7 Å². The van der Waals surface area contributed by atoms with Crippen LogP contribution in [0.15, 0.2) is 53.1 Å². The fraction of sp³-hybridized carbons (Fsp3) is 0.250. The summed E-state index contributed by atoms with van der Waals surface area (Å²) >= 11 is 6.23. The van der Waals surface area contributed by atoms with Crippen LogP contribution in [0, 0.1) is 6.92 Å². The second-order valence-corrected chi connectivity index (χ2v) is 6.99. The summed E-state index contributed by atoms with van der Waals surface area (Å²) in [4.78, 5) is 19.0. The van der Waals surface area contributed by atoms with Gasteiger partial charge >= 0.3 is 6.03 Å². The predicted octanol–water partition coefficient (Wildman–Crippen LogP) is 5.07. The number of nitrogens with zero attached hydrogens (tertiary/aromatic N) is 3. The van der Waals surface area contributed by atoms with Crippen molar-refractivity contribution in [3.8, 4) is 11.4 Å².